The topological polar surface area (TPSA) is 12.0 Å². The van der Waals surface area contributed by atoms with Crippen molar-refractivity contribution in [3.8, 4) is 0 Å². The number of hydrogen-bond acceptors (Lipinski definition) is 1. The molecular formula is C16H33N. The van der Waals surface area contributed by atoms with E-state index in [-0.39, 0.29) is 0 Å². The SMILES string of the molecule is CCCNC(C(CC)CC)C1(C)CCCCC1. The fourth-order valence-electron chi connectivity index (χ4n) is 3.71. The van der Waals surface area contributed by atoms with Crippen molar-refractivity contribution in [2.75, 3.05) is 6.54 Å². The first-order valence-corrected chi connectivity index (χ1v) is 7.91. The predicted octanol–water partition coefficient (Wildman–Crippen LogP) is 4.76. The van der Waals surface area contributed by atoms with Gasteiger partial charge in [-0.05, 0) is 37.1 Å². The molecule has 1 atom stereocenters. The fourth-order valence-corrected chi connectivity index (χ4v) is 3.71. The third-order valence-corrected chi connectivity index (χ3v) is 4.88. The van der Waals surface area contributed by atoms with Crippen LogP contribution >= 0.6 is 0 Å². The zero-order valence-electron chi connectivity index (χ0n) is 12.5. The number of hydrogen-bond donors (Lipinski definition) is 1. The molecule has 102 valence electrons. The minimum atomic E-state index is 0.560. The average Bonchev–Trinajstić information content (AvgIpc) is 2.35. The minimum Gasteiger partial charge on any atom is -0.313 e. The highest BCUT2D eigenvalue weighted by atomic mass is 14.9. The lowest BCUT2D eigenvalue weighted by molar-refractivity contribution is 0.0981. The van der Waals surface area contributed by atoms with Crippen molar-refractivity contribution in [1.82, 2.24) is 5.32 Å². The highest BCUT2D eigenvalue weighted by molar-refractivity contribution is 4.93. The van der Waals surface area contributed by atoms with Crippen LogP contribution in [0.4, 0.5) is 0 Å². The van der Waals surface area contributed by atoms with Crippen LogP contribution in [0, 0.1) is 11.3 Å². The Hall–Kier alpha value is -0.0400. The molecule has 17 heavy (non-hydrogen) atoms. The van der Waals surface area contributed by atoms with E-state index in [0.717, 1.165) is 12.0 Å². The van der Waals surface area contributed by atoms with Crippen LogP contribution in [0.15, 0.2) is 0 Å². The highest BCUT2D eigenvalue weighted by Gasteiger charge is 2.38. The van der Waals surface area contributed by atoms with Gasteiger partial charge in [0.05, 0.1) is 0 Å². The first-order valence-electron chi connectivity index (χ1n) is 7.91. The van der Waals surface area contributed by atoms with Gasteiger partial charge in [0, 0.05) is 6.04 Å². The molecule has 0 saturated heterocycles. The molecule has 1 saturated carbocycles. The lowest BCUT2D eigenvalue weighted by Gasteiger charge is -2.45. The van der Waals surface area contributed by atoms with Gasteiger partial charge in [0.15, 0.2) is 0 Å². The number of nitrogens with one attached hydrogen (secondary N) is 1. The second-order valence-corrected chi connectivity index (χ2v) is 6.22. The maximum Gasteiger partial charge on any atom is 0.0149 e. The van der Waals surface area contributed by atoms with Crippen molar-refractivity contribution in [1.29, 1.82) is 0 Å². The molecule has 0 heterocycles. The summed E-state index contributed by atoms with van der Waals surface area (Å²) in [4.78, 5) is 0. The van der Waals surface area contributed by atoms with E-state index in [9.17, 15) is 0 Å². The molecular weight excluding hydrogens is 206 g/mol. The second kappa shape index (κ2) is 7.41. The van der Waals surface area contributed by atoms with Crippen molar-refractivity contribution in [2.45, 2.75) is 85.1 Å². The quantitative estimate of drug-likeness (QED) is 0.675. The van der Waals surface area contributed by atoms with E-state index in [2.05, 4.69) is 33.0 Å². The third-order valence-electron chi connectivity index (χ3n) is 4.88. The first-order chi connectivity index (χ1) is 8.18. The summed E-state index contributed by atoms with van der Waals surface area (Å²) >= 11 is 0. The summed E-state index contributed by atoms with van der Waals surface area (Å²) in [6.07, 6.45) is 11.1. The molecule has 1 heteroatoms. The molecule has 0 aliphatic heterocycles. The van der Waals surface area contributed by atoms with Crippen LogP contribution in [0.1, 0.15) is 79.1 Å². The molecule has 0 aromatic rings. The molecule has 1 unspecified atom stereocenters. The molecule has 1 fully saturated rings. The Bertz CT molecular complexity index is 190. The Balaban J connectivity index is 2.71. The van der Waals surface area contributed by atoms with Gasteiger partial charge < -0.3 is 5.32 Å². The molecule has 0 aromatic carbocycles. The summed E-state index contributed by atoms with van der Waals surface area (Å²) in [5, 5.41) is 3.88. The Morgan fingerprint density at radius 2 is 1.59 bits per heavy atom. The number of rotatable bonds is 7. The first kappa shape index (κ1) is 15.0. The van der Waals surface area contributed by atoms with Gasteiger partial charge >= 0.3 is 0 Å². The Labute approximate surface area is 109 Å². The monoisotopic (exact) mass is 239 g/mol. The van der Waals surface area contributed by atoms with E-state index < -0.39 is 0 Å². The molecule has 1 aliphatic rings. The predicted molar refractivity (Wildman–Crippen MR) is 77.3 cm³/mol. The van der Waals surface area contributed by atoms with Crippen molar-refractivity contribution in [2.24, 2.45) is 11.3 Å². The van der Waals surface area contributed by atoms with E-state index in [4.69, 9.17) is 0 Å². The molecule has 1 aliphatic carbocycles. The molecule has 0 radical (unpaired) electrons. The Kier molecular flexibility index (Phi) is 6.54. The molecule has 0 bridgehead atoms. The molecule has 0 spiro atoms. The zero-order chi connectivity index (χ0) is 12.7. The Morgan fingerprint density at radius 1 is 1.00 bits per heavy atom. The van der Waals surface area contributed by atoms with Gasteiger partial charge in [0.2, 0.25) is 0 Å². The Morgan fingerprint density at radius 3 is 2.06 bits per heavy atom. The van der Waals surface area contributed by atoms with Gasteiger partial charge in [0.25, 0.3) is 0 Å². The fraction of sp³-hybridized carbons (Fsp3) is 1.00. The summed E-state index contributed by atoms with van der Waals surface area (Å²) < 4.78 is 0. The summed E-state index contributed by atoms with van der Waals surface area (Å²) in [5.74, 6) is 0.865. The maximum atomic E-state index is 3.88. The summed E-state index contributed by atoms with van der Waals surface area (Å²) in [6.45, 7) is 10.7. The van der Waals surface area contributed by atoms with Crippen molar-refractivity contribution >= 4 is 0 Å². The van der Waals surface area contributed by atoms with Crippen LogP contribution in [0.25, 0.3) is 0 Å². The molecule has 1 rings (SSSR count). The van der Waals surface area contributed by atoms with E-state index in [0.29, 0.717) is 5.41 Å². The van der Waals surface area contributed by atoms with Crippen LogP contribution in [0.2, 0.25) is 0 Å². The van der Waals surface area contributed by atoms with Crippen LogP contribution in [0.5, 0.6) is 0 Å². The van der Waals surface area contributed by atoms with Crippen LogP contribution in [-0.4, -0.2) is 12.6 Å². The smallest absolute Gasteiger partial charge is 0.0149 e. The van der Waals surface area contributed by atoms with Gasteiger partial charge in [-0.1, -0.05) is 59.8 Å². The lowest BCUT2D eigenvalue weighted by Crippen LogP contribution is -2.49. The van der Waals surface area contributed by atoms with Gasteiger partial charge in [-0.15, -0.1) is 0 Å². The van der Waals surface area contributed by atoms with E-state index in [1.54, 1.807) is 0 Å². The molecule has 0 amide bonds. The minimum absolute atomic E-state index is 0.560. The summed E-state index contributed by atoms with van der Waals surface area (Å²) in [6, 6.07) is 0.748. The normalized spacial score (nSPS) is 21.7. The maximum absolute atomic E-state index is 3.88. The van der Waals surface area contributed by atoms with Crippen molar-refractivity contribution in [3.63, 3.8) is 0 Å². The van der Waals surface area contributed by atoms with Gasteiger partial charge in [-0.2, -0.15) is 0 Å². The second-order valence-electron chi connectivity index (χ2n) is 6.22. The zero-order valence-corrected chi connectivity index (χ0v) is 12.5. The summed E-state index contributed by atoms with van der Waals surface area (Å²) in [5.41, 5.74) is 0.560. The van der Waals surface area contributed by atoms with Gasteiger partial charge in [0.1, 0.15) is 0 Å². The van der Waals surface area contributed by atoms with Crippen LogP contribution in [-0.2, 0) is 0 Å². The lowest BCUT2D eigenvalue weighted by atomic mass is 9.66. The van der Waals surface area contributed by atoms with E-state index in [1.807, 2.05) is 0 Å². The van der Waals surface area contributed by atoms with Crippen molar-refractivity contribution < 1.29 is 0 Å². The molecule has 1 N–H and O–H groups in total. The van der Waals surface area contributed by atoms with Crippen LogP contribution in [0.3, 0.4) is 0 Å². The summed E-state index contributed by atoms with van der Waals surface area (Å²) in [7, 11) is 0. The largest absolute Gasteiger partial charge is 0.313 e. The van der Waals surface area contributed by atoms with E-state index >= 15 is 0 Å². The highest BCUT2D eigenvalue weighted by Crippen LogP contribution is 2.42. The van der Waals surface area contributed by atoms with Crippen molar-refractivity contribution in [3.05, 3.63) is 0 Å². The van der Waals surface area contributed by atoms with Crippen LogP contribution < -0.4 is 5.32 Å². The molecule has 0 aromatic heterocycles. The third kappa shape index (κ3) is 3.98. The van der Waals surface area contributed by atoms with Gasteiger partial charge in [-0.25, -0.2) is 0 Å². The molecule has 1 nitrogen and oxygen atoms in total. The van der Waals surface area contributed by atoms with E-state index in [1.165, 1.54) is 57.9 Å². The van der Waals surface area contributed by atoms with Gasteiger partial charge in [-0.3, -0.25) is 0 Å². The standard InChI is InChI=1S/C16H33N/c1-5-13-17-15(14(6-2)7-3)16(4)11-9-8-10-12-16/h14-15,17H,5-13H2,1-4H3. The average molecular weight is 239 g/mol.